The van der Waals surface area contributed by atoms with E-state index in [2.05, 4.69) is 38.0 Å². The van der Waals surface area contributed by atoms with Crippen molar-refractivity contribution in [1.82, 2.24) is 10.3 Å². The van der Waals surface area contributed by atoms with E-state index in [1.165, 1.54) is 6.42 Å². The van der Waals surface area contributed by atoms with Crippen LogP contribution in [0.15, 0.2) is 10.7 Å². The van der Waals surface area contributed by atoms with Gasteiger partial charge in [0.15, 0.2) is 0 Å². The number of ether oxygens (including phenoxy) is 1. The third kappa shape index (κ3) is 4.53. The predicted octanol–water partition coefficient (Wildman–Crippen LogP) is 3.38. The van der Waals surface area contributed by atoms with E-state index in [0.29, 0.717) is 12.1 Å². The molecule has 0 radical (unpaired) electrons. The lowest BCUT2D eigenvalue weighted by Crippen LogP contribution is -2.28. The van der Waals surface area contributed by atoms with Crippen molar-refractivity contribution in [2.45, 2.75) is 65.6 Å². The maximum atomic E-state index is 5.88. The van der Waals surface area contributed by atoms with Gasteiger partial charge in [0.25, 0.3) is 0 Å². The minimum atomic E-state index is 0.253. The van der Waals surface area contributed by atoms with Gasteiger partial charge in [0.1, 0.15) is 12.4 Å². The summed E-state index contributed by atoms with van der Waals surface area (Å²) in [5, 5.41) is 3.31. The van der Waals surface area contributed by atoms with Crippen LogP contribution in [0.4, 0.5) is 0 Å². The van der Waals surface area contributed by atoms with Crippen LogP contribution in [0, 0.1) is 11.8 Å². The first-order valence-corrected chi connectivity index (χ1v) is 7.37. The van der Waals surface area contributed by atoms with Crippen molar-refractivity contribution < 1.29 is 9.15 Å². The molecule has 2 unspecified atom stereocenters. The van der Waals surface area contributed by atoms with Gasteiger partial charge >= 0.3 is 6.08 Å². The highest BCUT2D eigenvalue weighted by Gasteiger charge is 2.26. The zero-order chi connectivity index (χ0) is 13.8. The Morgan fingerprint density at radius 3 is 2.63 bits per heavy atom. The molecule has 1 heterocycles. The van der Waals surface area contributed by atoms with E-state index < -0.39 is 0 Å². The summed E-state index contributed by atoms with van der Waals surface area (Å²) in [5.74, 6) is 1.46. The van der Waals surface area contributed by atoms with Gasteiger partial charge in [-0.25, -0.2) is 0 Å². The molecule has 1 aliphatic carbocycles. The molecule has 0 spiro atoms. The van der Waals surface area contributed by atoms with Crippen molar-refractivity contribution in [3.63, 3.8) is 0 Å². The van der Waals surface area contributed by atoms with Gasteiger partial charge in [-0.1, -0.05) is 27.7 Å². The zero-order valence-electron chi connectivity index (χ0n) is 12.5. The SMILES string of the molecule is CC1CC(C)CC(Oc2nc(CNC(C)C)co2)C1. The first-order chi connectivity index (χ1) is 9.02. The Morgan fingerprint density at radius 2 is 2.00 bits per heavy atom. The molecule has 108 valence electrons. The molecule has 0 saturated heterocycles. The third-order valence-electron chi connectivity index (χ3n) is 3.62. The topological polar surface area (TPSA) is 47.3 Å². The number of nitrogens with zero attached hydrogens (tertiary/aromatic N) is 1. The molecular weight excluding hydrogens is 240 g/mol. The van der Waals surface area contributed by atoms with Gasteiger partial charge in [-0.05, 0) is 31.1 Å². The molecule has 1 aromatic heterocycles. The average Bonchev–Trinajstić information content (AvgIpc) is 2.72. The van der Waals surface area contributed by atoms with Crippen molar-refractivity contribution in [2.24, 2.45) is 11.8 Å². The van der Waals surface area contributed by atoms with Crippen LogP contribution in [-0.4, -0.2) is 17.1 Å². The van der Waals surface area contributed by atoms with Crippen molar-refractivity contribution in [3.8, 4) is 6.08 Å². The number of nitrogens with one attached hydrogen (secondary N) is 1. The van der Waals surface area contributed by atoms with Crippen LogP contribution >= 0.6 is 0 Å². The molecule has 0 aliphatic heterocycles. The minimum Gasteiger partial charge on any atom is -0.447 e. The van der Waals surface area contributed by atoms with Gasteiger partial charge in [0.05, 0.1) is 5.69 Å². The first-order valence-electron chi connectivity index (χ1n) is 7.37. The van der Waals surface area contributed by atoms with Gasteiger partial charge < -0.3 is 14.5 Å². The number of aromatic nitrogens is 1. The lowest BCUT2D eigenvalue weighted by Gasteiger charge is -2.30. The third-order valence-corrected chi connectivity index (χ3v) is 3.62. The van der Waals surface area contributed by atoms with Gasteiger partial charge in [-0.3, -0.25) is 0 Å². The van der Waals surface area contributed by atoms with E-state index in [9.17, 15) is 0 Å². The maximum absolute atomic E-state index is 5.88. The molecule has 1 saturated carbocycles. The number of rotatable bonds is 5. The fourth-order valence-corrected chi connectivity index (χ4v) is 2.84. The second-order valence-corrected chi connectivity index (χ2v) is 6.30. The number of hydrogen-bond donors (Lipinski definition) is 1. The highest BCUT2D eigenvalue weighted by atomic mass is 16.6. The normalized spacial score (nSPS) is 27.7. The van der Waals surface area contributed by atoms with Crippen molar-refractivity contribution in [3.05, 3.63) is 12.0 Å². The molecule has 1 N–H and O–H groups in total. The molecule has 0 bridgehead atoms. The fraction of sp³-hybridized carbons (Fsp3) is 0.800. The van der Waals surface area contributed by atoms with Crippen molar-refractivity contribution in [1.29, 1.82) is 0 Å². The molecule has 4 nitrogen and oxygen atoms in total. The van der Waals surface area contributed by atoms with Crippen molar-refractivity contribution in [2.75, 3.05) is 0 Å². The molecule has 4 heteroatoms. The van der Waals surface area contributed by atoms with E-state index in [1.807, 2.05) is 0 Å². The van der Waals surface area contributed by atoms with Crippen LogP contribution in [0.25, 0.3) is 0 Å². The maximum Gasteiger partial charge on any atom is 0.394 e. The van der Waals surface area contributed by atoms with E-state index >= 15 is 0 Å². The van der Waals surface area contributed by atoms with Crippen LogP contribution in [0.5, 0.6) is 6.08 Å². The predicted molar refractivity (Wildman–Crippen MR) is 75.1 cm³/mol. The monoisotopic (exact) mass is 266 g/mol. The summed E-state index contributed by atoms with van der Waals surface area (Å²) < 4.78 is 11.3. The lowest BCUT2D eigenvalue weighted by molar-refractivity contribution is 0.0724. The standard InChI is InChI=1S/C15H26N2O2/c1-10(2)16-8-13-9-18-15(17-13)19-14-6-11(3)5-12(4)7-14/h9-12,14,16H,5-8H2,1-4H3. The van der Waals surface area contributed by atoms with Gasteiger partial charge in [0, 0.05) is 12.6 Å². The second-order valence-electron chi connectivity index (χ2n) is 6.30. The summed E-state index contributed by atoms with van der Waals surface area (Å²) in [7, 11) is 0. The number of hydrogen-bond acceptors (Lipinski definition) is 4. The highest BCUT2D eigenvalue weighted by Crippen LogP contribution is 2.31. The van der Waals surface area contributed by atoms with Crippen LogP contribution in [0.1, 0.15) is 52.7 Å². The Bertz CT molecular complexity index is 379. The largest absolute Gasteiger partial charge is 0.447 e. The summed E-state index contributed by atoms with van der Waals surface area (Å²) >= 11 is 0. The van der Waals surface area contributed by atoms with Crippen molar-refractivity contribution >= 4 is 0 Å². The molecule has 2 atom stereocenters. The smallest absolute Gasteiger partial charge is 0.394 e. The van der Waals surface area contributed by atoms with E-state index in [4.69, 9.17) is 9.15 Å². The quantitative estimate of drug-likeness (QED) is 0.887. The van der Waals surface area contributed by atoms with Crippen LogP contribution in [0.3, 0.4) is 0 Å². The summed E-state index contributed by atoms with van der Waals surface area (Å²) in [4.78, 5) is 4.37. The molecular formula is C15H26N2O2. The van der Waals surface area contributed by atoms with E-state index in [1.54, 1.807) is 6.26 Å². The van der Waals surface area contributed by atoms with Crippen LogP contribution < -0.4 is 10.1 Å². The lowest BCUT2D eigenvalue weighted by atomic mass is 9.82. The highest BCUT2D eigenvalue weighted by molar-refractivity contribution is 5.00. The minimum absolute atomic E-state index is 0.253. The first kappa shape index (κ1) is 14.4. The molecule has 0 amide bonds. The number of oxazole rings is 1. The summed E-state index contributed by atoms with van der Waals surface area (Å²) in [6, 6.07) is 0.445. The Morgan fingerprint density at radius 1 is 1.32 bits per heavy atom. The van der Waals surface area contributed by atoms with E-state index in [-0.39, 0.29) is 6.10 Å². The Kier molecular flexibility index (Phi) is 4.86. The van der Waals surface area contributed by atoms with Gasteiger partial charge in [-0.2, -0.15) is 4.98 Å². The molecule has 1 aliphatic rings. The van der Waals surface area contributed by atoms with E-state index in [0.717, 1.165) is 36.9 Å². The summed E-state index contributed by atoms with van der Waals surface area (Å²) in [6.45, 7) is 9.53. The molecule has 0 aromatic carbocycles. The average molecular weight is 266 g/mol. The Hall–Kier alpha value is -1.03. The summed E-state index contributed by atoms with van der Waals surface area (Å²) in [6.07, 6.45) is 5.86. The van der Waals surface area contributed by atoms with Crippen LogP contribution in [0.2, 0.25) is 0 Å². The van der Waals surface area contributed by atoms with Crippen LogP contribution in [-0.2, 0) is 6.54 Å². The molecule has 19 heavy (non-hydrogen) atoms. The Labute approximate surface area is 115 Å². The second kappa shape index (κ2) is 6.42. The Balaban J connectivity index is 1.85. The fourth-order valence-electron chi connectivity index (χ4n) is 2.84. The summed E-state index contributed by atoms with van der Waals surface area (Å²) in [5.41, 5.74) is 0.903. The van der Waals surface area contributed by atoms with Gasteiger partial charge in [0.2, 0.25) is 0 Å². The molecule has 1 aromatic rings. The van der Waals surface area contributed by atoms with Gasteiger partial charge in [-0.15, -0.1) is 0 Å². The molecule has 1 fully saturated rings. The zero-order valence-corrected chi connectivity index (χ0v) is 12.5. The molecule has 2 rings (SSSR count).